The van der Waals surface area contributed by atoms with Gasteiger partial charge in [-0.1, -0.05) is 33.6 Å². The molecule has 1 N–H and O–H groups in total. The summed E-state index contributed by atoms with van der Waals surface area (Å²) < 4.78 is 6.05. The van der Waals surface area contributed by atoms with Crippen molar-refractivity contribution >= 4 is 0 Å². The monoisotopic (exact) mass is 199 g/mol. The summed E-state index contributed by atoms with van der Waals surface area (Å²) in [5.41, 5.74) is 0. The smallest absolute Gasteiger partial charge is 0.0700 e. The number of rotatable bonds is 6. The van der Waals surface area contributed by atoms with E-state index in [1.807, 2.05) is 0 Å². The summed E-state index contributed by atoms with van der Waals surface area (Å²) in [6, 6.07) is 0.566. The first-order chi connectivity index (χ1) is 6.72. The Hall–Kier alpha value is -0.0800. The van der Waals surface area contributed by atoms with E-state index in [2.05, 4.69) is 26.1 Å². The van der Waals surface area contributed by atoms with Gasteiger partial charge in [0.25, 0.3) is 0 Å². The van der Waals surface area contributed by atoms with Crippen molar-refractivity contribution < 1.29 is 4.74 Å². The van der Waals surface area contributed by atoms with Crippen molar-refractivity contribution in [1.29, 1.82) is 0 Å². The zero-order chi connectivity index (χ0) is 10.4. The first-order valence-electron chi connectivity index (χ1n) is 6.11. The molecule has 0 aromatic rings. The summed E-state index contributed by atoms with van der Waals surface area (Å²) in [6.07, 6.45) is 7.36. The summed E-state index contributed by atoms with van der Waals surface area (Å²) in [4.78, 5) is 0. The largest absolute Gasteiger partial charge is 0.374 e. The Morgan fingerprint density at radius 1 is 1.29 bits per heavy atom. The molecule has 1 rings (SSSR count). The quantitative estimate of drug-likeness (QED) is 0.710. The minimum atomic E-state index is 0.417. The van der Waals surface area contributed by atoms with Crippen LogP contribution in [0.15, 0.2) is 0 Å². The van der Waals surface area contributed by atoms with Gasteiger partial charge in [0.1, 0.15) is 0 Å². The van der Waals surface area contributed by atoms with Crippen LogP contribution in [0.5, 0.6) is 0 Å². The summed E-state index contributed by atoms with van der Waals surface area (Å²) in [6.45, 7) is 7.58. The Bertz CT molecular complexity index is 141. The number of nitrogens with one attached hydrogen (secondary N) is 1. The van der Waals surface area contributed by atoms with Crippen molar-refractivity contribution in [2.24, 2.45) is 0 Å². The molecule has 0 radical (unpaired) electrons. The fourth-order valence-electron chi connectivity index (χ4n) is 1.95. The van der Waals surface area contributed by atoms with Crippen LogP contribution in [0.1, 0.15) is 52.9 Å². The van der Waals surface area contributed by atoms with Crippen molar-refractivity contribution in [2.75, 3.05) is 6.54 Å². The predicted octanol–water partition coefficient (Wildman–Crippen LogP) is 2.72. The molecule has 2 heteroatoms. The topological polar surface area (TPSA) is 21.3 Å². The molecule has 1 aliphatic rings. The minimum absolute atomic E-state index is 0.417. The van der Waals surface area contributed by atoms with E-state index in [0.29, 0.717) is 18.2 Å². The van der Waals surface area contributed by atoms with Gasteiger partial charge in [-0.15, -0.1) is 0 Å². The molecule has 84 valence electrons. The molecule has 0 heterocycles. The molecule has 2 nitrogen and oxygen atoms in total. The molecule has 0 bridgehead atoms. The molecular formula is C12H25NO. The average Bonchev–Trinajstić information content (AvgIpc) is 2.64. The zero-order valence-electron chi connectivity index (χ0n) is 9.88. The van der Waals surface area contributed by atoms with Crippen LogP contribution < -0.4 is 5.32 Å². The molecule has 0 amide bonds. The van der Waals surface area contributed by atoms with Crippen molar-refractivity contribution in [3.63, 3.8) is 0 Å². The molecule has 0 aliphatic heterocycles. The highest BCUT2D eigenvalue weighted by atomic mass is 16.5. The molecular weight excluding hydrogens is 174 g/mol. The number of hydrogen-bond donors (Lipinski definition) is 1. The third kappa shape index (κ3) is 4.43. The van der Waals surface area contributed by atoms with E-state index in [4.69, 9.17) is 4.74 Å². The molecule has 0 spiro atoms. The highest BCUT2D eigenvalue weighted by Crippen LogP contribution is 2.22. The number of ether oxygens (including phenoxy) is 1. The standard InChI is InChI=1S/C12H25NO/c1-4-11(9-13-10(2)3)14-12-7-5-6-8-12/h10-13H,4-9H2,1-3H3. The second-order valence-electron chi connectivity index (χ2n) is 4.64. The van der Waals surface area contributed by atoms with Crippen molar-refractivity contribution in [3.8, 4) is 0 Å². The number of hydrogen-bond acceptors (Lipinski definition) is 2. The average molecular weight is 199 g/mol. The minimum Gasteiger partial charge on any atom is -0.374 e. The Labute approximate surface area is 88.4 Å². The van der Waals surface area contributed by atoms with Crippen molar-refractivity contribution in [1.82, 2.24) is 5.32 Å². The summed E-state index contributed by atoms with van der Waals surface area (Å²) in [7, 11) is 0. The van der Waals surface area contributed by atoms with Gasteiger partial charge >= 0.3 is 0 Å². The highest BCUT2D eigenvalue weighted by molar-refractivity contribution is 4.71. The van der Waals surface area contributed by atoms with Crippen LogP contribution in [0.3, 0.4) is 0 Å². The SMILES string of the molecule is CCC(CNC(C)C)OC1CCCC1. The van der Waals surface area contributed by atoms with Gasteiger partial charge in [0.15, 0.2) is 0 Å². The fourth-order valence-corrected chi connectivity index (χ4v) is 1.95. The van der Waals surface area contributed by atoms with Crippen LogP contribution in [0, 0.1) is 0 Å². The first-order valence-corrected chi connectivity index (χ1v) is 6.11. The molecule has 14 heavy (non-hydrogen) atoms. The van der Waals surface area contributed by atoms with Crippen molar-refractivity contribution in [2.45, 2.75) is 71.1 Å². The molecule has 1 atom stereocenters. The predicted molar refractivity (Wildman–Crippen MR) is 60.6 cm³/mol. The van der Waals surface area contributed by atoms with E-state index in [1.165, 1.54) is 25.7 Å². The maximum absolute atomic E-state index is 6.05. The zero-order valence-corrected chi connectivity index (χ0v) is 9.88. The van der Waals surface area contributed by atoms with Crippen LogP contribution in [-0.4, -0.2) is 24.8 Å². The molecule has 1 aliphatic carbocycles. The fraction of sp³-hybridized carbons (Fsp3) is 1.00. The van der Waals surface area contributed by atoms with Crippen LogP contribution in [0.25, 0.3) is 0 Å². The maximum Gasteiger partial charge on any atom is 0.0700 e. The van der Waals surface area contributed by atoms with Crippen LogP contribution >= 0.6 is 0 Å². The normalized spacial score (nSPS) is 20.6. The summed E-state index contributed by atoms with van der Waals surface area (Å²) >= 11 is 0. The van der Waals surface area contributed by atoms with Gasteiger partial charge in [-0.05, 0) is 19.3 Å². The van der Waals surface area contributed by atoms with E-state index in [-0.39, 0.29) is 0 Å². The first kappa shape index (κ1) is 12.0. The second-order valence-corrected chi connectivity index (χ2v) is 4.64. The molecule has 0 aromatic heterocycles. The summed E-state index contributed by atoms with van der Waals surface area (Å²) in [5, 5.41) is 3.45. The van der Waals surface area contributed by atoms with E-state index >= 15 is 0 Å². The Morgan fingerprint density at radius 2 is 1.93 bits per heavy atom. The van der Waals surface area contributed by atoms with Gasteiger partial charge < -0.3 is 10.1 Å². The lowest BCUT2D eigenvalue weighted by Gasteiger charge is -2.22. The maximum atomic E-state index is 6.05. The van der Waals surface area contributed by atoms with E-state index in [9.17, 15) is 0 Å². The molecule has 1 fully saturated rings. The van der Waals surface area contributed by atoms with Crippen LogP contribution in [0.4, 0.5) is 0 Å². The van der Waals surface area contributed by atoms with E-state index < -0.39 is 0 Å². The van der Waals surface area contributed by atoms with Gasteiger partial charge in [-0.25, -0.2) is 0 Å². The van der Waals surface area contributed by atoms with E-state index in [1.54, 1.807) is 0 Å². The van der Waals surface area contributed by atoms with Crippen LogP contribution in [-0.2, 0) is 4.74 Å². The Morgan fingerprint density at radius 3 is 2.43 bits per heavy atom. The van der Waals surface area contributed by atoms with Crippen LogP contribution in [0.2, 0.25) is 0 Å². The highest BCUT2D eigenvalue weighted by Gasteiger charge is 2.19. The molecule has 1 saturated carbocycles. The molecule has 0 aromatic carbocycles. The van der Waals surface area contributed by atoms with Gasteiger partial charge in [0, 0.05) is 12.6 Å². The second kappa shape index (κ2) is 6.41. The molecule has 0 saturated heterocycles. The van der Waals surface area contributed by atoms with Crippen molar-refractivity contribution in [3.05, 3.63) is 0 Å². The lowest BCUT2D eigenvalue weighted by Crippen LogP contribution is -2.35. The lowest BCUT2D eigenvalue weighted by atomic mass is 10.2. The van der Waals surface area contributed by atoms with E-state index in [0.717, 1.165) is 13.0 Å². The molecule has 1 unspecified atom stereocenters. The summed E-state index contributed by atoms with van der Waals surface area (Å²) in [5.74, 6) is 0. The van der Waals surface area contributed by atoms with Gasteiger partial charge in [-0.2, -0.15) is 0 Å². The van der Waals surface area contributed by atoms with Gasteiger partial charge in [0.2, 0.25) is 0 Å². The van der Waals surface area contributed by atoms with Gasteiger partial charge in [0.05, 0.1) is 12.2 Å². The third-order valence-corrected chi connectivity index (χ3v) is 2.90. The van der Waals surface area contributed by atoms with Gasteiger partial charge in [-0.3, -0.25) is 0 Å². The third-order valence-electron chi connectivity index (χ3n) is 2.90. The Balaban J connectivity index is 2.16. The lowest BCUT2D eigenvalue weighted by molar-refractivity contribution is -0.00961. The Kier molecular flexibility index (Phi) is 5.49.